The lowest BCUT2D eigenvalue weighted by Crippen LogP contribution is -2.16. The molecule has 0 saturated heterocycles. The molecule has 0 fully saturated rings. The van der Waals surface area contributed by atoms with Crippen molar-refractivity contribution in [2.75, 3.05) is 0 Å². The van der Waals surface area contributed by atoms with Crippen molar-refractivity contribution in [1.29, 1.82) is 0 Å². The first-order valence-electron chi connectivity index (χ1n) is 4.91. The van der Waals surface area contributed by atoms with Gasteiger partial charge in [-0.25, -0.2) is 0 Å². The molecule has 0 saturated carbocycles. The van der Waals surface area contributed by atoms with E-state index in [1.165, 1.54) is 0 Å². The summed E-state index contributed by atoms with van der Waals surface area (Å²) in [5, 5.41) is 3.86. The average molecular weight is 206 g/mol. The van der Waals surface area contributed by atoms with Gasteiger partial charge in [-0.2, -0.15) is 4.98 Å². The summed E-state index contributed by atoms with van der Waals surface area (Å²) in [4.78, 5) is 7.25. The molecule has 3 N–H and O–H groups in total. The molecule has 15 heavy (non-hydrogen) atoms. The van der Waals surface area contributed by atoms with Crippen LogP contribution in [0.25, 0.3) is 11.5 Å². The van der Waals surface area contributed by atoms with E-state index < -0.39 is 0 Å². The zero-order valence-electron chi connectivity index (χ0n) is 8.77. The fourth-order valence-corrected chi connectivity index (χ4v) is 1.23. The molecule has 0 aromatic carbocycles. The molecule has 80 valence electrons. The minimum Gasteiger partial charge on any atom is -0.359 e. The zero-order chi connectivity index (χ0) is 10.8. The van der Waals surface area contributed by atoms with Crippen molar-refractivity contribution in [3.8, 4) is 11.5 Å². The van der Waals surface area contributed by atoms with Crippen molar-refractivity contribution in [2.24, 2.45) is 11.7 Å². The lowest BCUT2D eigenvalue weighted by molar-refractivity contribution is 0.325. The van der Waals surface area contributed by atoms with Gasteiger partial charge in [0.2, 0.25) is 11.7 Å². The summed E-state index contributed by atoms with van der Waals surface area (Å²) in [6, 6.07) is 3.56. The maximum Gasteiger partial charge on any atom is 0.244 e. The molecular weight excluding hydrogens is 192 g/mol. The van der Waals surface area contributed by atoms with Crippen molar-refractivity contribution in [1.82, 2.24) is 15.1 Å². The third kappa shape index (κ3) is 1.92. The first kappa shape index (κ1) is 9.92. The van der Waals surface area contributed by atoms with Gasteiger partial charge in [-0.15, -0.1) is 0 Å². The summed E-state index contributed by atoms with van der Waals surface area (Å²) in [5.41, 5.74) is 6.73. The molecule has 0 aliphatic rings. The molecule has 0 unspecified atom stereocenters. The van der Waals surface area contributed by atoms with E-state index in [-0.39, 0.29) is 12.0 Å². The van der Waals surface area contributed by atoms with Crippen molar-refractivity contribution >= 4 is 0 Å². The molecule has 2 aromatic heterocycles. The van der Waals surface area contributed by atoms with Gasteiger partial charge in [0.05, 0.1) is 11.7 Å². The number of aromatic amines is 1. The number of hydrogen-bond donors (Lipinski definition) is 2. The Bertz CT molecular complexity index is 418. The van der Waals surface area contributed by atoms with Crippen LogP contribution in [0.5, 0.6) is 0 Å². The van der Waals surface area contributed by atoms with Crippen LogP contribution in [-0.4, -0.2) is 15.1 Å². The first-order valence-corrected chi connectivity index (χ1v) is 4.91. The molecule has 0 aliphatic carbocycles. The Morgan fingerprint density at radius 2 is 2.27 bits per heavy atom. The van der Waals surface area contributed by atoms with Crippen LogP contribution in [0.1, 0.15) is 25.8 Å². The molecule has 0 spiro atoms. The normalized spacial score (nSPS) is 13.3. The van der Waals surface area contributed by atoms with Crippen molar-refractivity contribution in [3.05, 3.63) is 24.2 Å². The molecule has 0 aliphatic heterocycles. The lowest BCUT2D eigenvalue weighted by atomic mass is 10.1. The monoisotopic (exact) mass is 206 g/mol. The molecule has 2 heterocycles. The summed E-state index contributed by atoms with van der Waals surface area (Å²) < 4.78 is 5.11. The average Bonchev–Trinajstić information content (AvgIpc) is 2.86. The van der Waals surface area contributed by atoms with Crippen LogP contribution in [0.4, 0.5) is 0 Å². The third-order valence-electron chi connectivity index (χ3n) is 2.28. The molecule has 0 radical (unpaired) electrons. The summed E-state index contributed by atoms with van der Waals surface area (Å²) in [7, 11) is 0. The Kier molecular flexibility index (Phi) is 2.55. The lowest BCUT2D eigenvalue weighted by Gasteiger charge is -2.08. The fraction of sp³-hybridized carbons (Fsp3) is 0.400. The molecular formula is C10H14N4O. The van der Waals surface area contributed by atoms with Crippen molar-refractivity contribution in [2.45, 2.75) is 19.9 Å². The summed E-state index contributed by atoms with van der Waals surface area (Å²) in [5.74, 6) is 1.31. The quantitative estimate of drug-likeness (QED) is 0.801. The largest absolute Gasteiger partial charge is 0.359 e. The number of hydrogen-bond acceptors (Lipinski definition) is 4. The number of nitrogens with zero attached hydrogens (tertiary/aromatic N) is 2. The number of H-pyrrole nitrogens is 1. The minimum atomic E-state index is -0.207. The Balaban J connectivity index is 2.25. The Morgan fingerprint density at radius 3 is 2.87 bits per heavy atom. The van der Waals surface area contributed by atoms with Gasteiger partial charge in [-0.05, 0) is 18.1 Å². The second kappa shape index (κ2) is 3.86. The van der Waals surface area contributed by atoms with Gasteiger partial charge in [0.25, 0.3) is 0 Å². The smallest absolute Gasteiger partial charge is 0.244 e. The number of nitrogens with one attached hydrogen (secondary N) is 1. The standard InChI is InChI=1S/C10H14N4O/c1-6(2)8(11)10-13-9(14-15-10)7-4-3-5-12-7/h3-6,8,12H,11H2,1-2H3/t8-/m0/s1. The second-order valence-electron chi connectivity index (χ2n) is 3.81. The molecule has 2 rings (SSSR count). The first-order chi connectivity index (χ1) is 7.18. The van der Waals surface area contributed by atoms with Gasteiger partial charge in [0.1, 0.15) is 0 Å². The predicted octanol–water partition coefficient (Wildman–Crippen LogP) is 1.72. The van der Waals surface area contributed by atoms with E-state index in [1.807, 2.05) is 32.2 Å². The maximum atomic E-state index is 5.90. The highest BCUT2D eigenvalue weighted by atomic mass is 16.5. The van der Waals surface area contributed by atoms with Gasteiger partial charge in [0.15, 0.2) is 0 Å². The van der Waals surface area contributed by atoms with Crippen LogP contribution >= 0.6 is 0 Å². The van der Waals surface area contributed by atoms with Gasteiger partial charge in [0, 0.05) is 6.20 Å². The summed E-state index contributed by atoms with van der Waals surface area (Å²) >= 11 is 0. The Morgan fingerprint density at radius 1 is 1.47 bits per heavy atom. The molecule has 1 atom stereocenters. The molecule has 5 nitrogen and oxygen atoms in total. The summed E-state index contributed by atoms with van der Waals surface area (Å²) in [6.07, 6.45) is 1.81. The molecule has 0 bridgehead atoms. The highest BCUT2D eigenvalue weighted by Crippen LogP contribution is 2.20. The van der Waals surface area contributed by atoms with Gasteiger partial charge < -0.3 is 15.2 Å². The van der Waals surface area contributed by atoms with Crippen LogP contribution in [0.2, 0.25) is 0 Å². The van der Waals surface area contributed by atoms with Gasteiger partial charge in [-0.3, -0.25) is 0 Å². The maximum absolute atomic E-state index is 5.90. The fourth-order valence-electron chi connectivity index (χ4n) is 1.23. The van der Waals surface area contributed by atoms with Crippen LogP contribution in [0.15, 0.2) is 22.9 Å². The zero-order valence-corrected chi connectivity index (χ0v) is 8.77. The van der Waals surface area contributed by atoms with Crippen LogP contribution in [0.3, 0.4) is 0 Å². The molecule has 0 amide bonds. The predicted molar refractivity (Wildman–Crippen MR) is 55.9 cm³/mol. The van der Waals surface area contributed by atoms with Crippen molar-refractivity contribution < 1.29 is 4.52 Å². The van der Waals surface area contributed by atoms with E-state index in [0.29, 0.717) is 11.7 Å². The van der Waals surface area contributed by atoms with Crippen LogP contribution < -0.4 is 5.73 Å². The Hall–Kier alpha value is -1.62. The van der Waals surface area contributed by atoms with E-state index >= 15 is 0 Å². The van der Waals surface area contributed by atoms with E-state index in [1.54, 1.807) is 0 Å². The van der Waals surface area contributed by atoms with Crippen LogP contribution in [-0.2, 0) is 0 Å². The SMILES string of the molecule is CC(C)[C@H](N)c1nc(-c2ccc[nH]2)no1. The van der Waals surface area contributed by atoms with E-state index in [9.17, 15) is 0 Å². The van der Waals surface area contributed by atoms with E-state index in [2.05, 4.69) is 15.1 Å². The number of rotatable bonds is 3. The number of aromatic nitrogens is 3. The minimum absolute atomic E-state index is 0.207. The Labute approximate surface area is 87.7 Å². The highest BCUT2D eigenvalue weighted by molar-refractivity contribution is 5.47. The summed E-state index contributed by atoms with van der Waals surface area (Å²) in [6.45, 7) is 4.03. The molecule has 2 aromatic rings. The molecule has 5 heteroatoms. The third-order valence-corrected chi connectivity index (χ3v) is 2.28. The topological polar surface area (TPSA) is 80.7 Å². The van der Waals surface area contributed by atoms with E-state index in [4.69, 9.17) is 10.3 Å². The van der Waals surface area contributed by atoms with Crippen molar-refractivity contribution in [3.63, 3.8) is 0 Å². The highest BCUT2D eigenvalue weighted by Gasteiger charge is 2.18. The van der Waals surface area contributed by atoms with E-state index in [0.717, 1.165) is 5.69 Å². The number of nitrogens with two attached hydrogens (primary N) is 1. The van der Waals surface area contributed by atoms with Gasteiger partial charge >= 0.3 is 0 Å². The van der Waals surface area contributed by atoms with Gasteiger partial charge in [-0.1, -0.05) is 19.0 Å². The second-order valence-corrected chi connectivity index (χ2v) is 3.81. The van der Waals surface area contributed by atoms with Crippen LogP contribution in [0, 0.1) is 5.92 Å².